The molecular formula is C26H31N5O2. The second-order valence-corrected chi connectivity index (χ2v) is 8.72. The summed E-state index contributed by atoms with van der Waals surface area (Å²) >= 11 is 0. The minimum absolute atomic E-state index is 0.00543. The van der Waals surface area contributed by atoms with Crippen molar-refractivity contribution in [1.82, 2.24) is 24.6 Å². The smallest absolute Gasteiger partial charge is 0.245 e. The molecule has 0 N–H and O–H groups in total. The van der Waals surface area contributed by atoms with Crippen LogP contribution < -0.4 is 0 Å². The molecule has 1 fully saturated rings. The molecule has 1 saturated heterocycles. The van der Waals surface area contributed by atoms with E-state index in [4.69, 9.17) is 0 Å². The molecule has 2 aromatic heterocycles. The summed E-state index contributed by atoms with van der Waals surface area (Å²) in [5.74, 6) is 0.0241. The van der Waals surface area contributed by atoms with Gasteiger partial charge < -0.3 is 9.80 Å². The van der Waals surface area contributed by atoms with E-state index in [1.807, 2.05) is 74.2 Å². The summed E-state index contributed by atoms with van der Waals surface area (Å²) in [6.07, 6.45) is 5.15. The van der Waals surface area contributed by atoms with Gasteiger partial charge >= 0.3 is 0 Å². The largest absolute Gasteiger partial charge is 0.342 e. The van der Waals surface area contributed by atoms with Crippen LogP contribution in [-0.2, 0) is 22.6 Å². The first-order valence-corrected chi connectivity index (χ1v) is 11.5. The van der Waals surface area contributed by atoms with Crippen molar-refractivity contribution in [3.8, 4) is 11.1 Å². The summed E-state index contributed by atoms with van der Waals surface area (Å²) in [6, 6.07) is 13.5. The number of nitrogens with zero attached hydrogens (tertiary/aromatic N) is 5. The zero-order valence-corrected chi connectivity index (χ0v) is 19.6. The fourth-order valence-corrected chi connectivity index (χ4v) is 4.54. The fraction of sp³-hybridized carbons (Fsp3) is 0.385. The van der Waals surface area contributed by atoms with Gasteiger partial charge in [0.15, 0.2) is 0 Å². The van der Waals surface area contributed by atoms with Crippen molar-refractivity contribution in [3.05, 3.63) is 71.8 Å². The first-order valence-electron chi connectivity index (χ1n) is 11.5. The number of hydrogen-bond donors (Lipinski definition) is 0. The van der Waals surface area contributed by atoms with E-state index in [9.17, 15) is 9.59 Å². The Kier molecular flexibility index (Phi) is 6.87. The molecule has 1 aliphatic heterocycles. The Balaban J connectivity index is 1.50. The maximum absolute atomic E-state index is 13.2. The van der Waals surface area contributed by atoms with E-state index >= 15 is 0 Å². The van der Waals surface area contributed by atoms with Crippen LogP contribution >= 0.6 is 0 Å². The number of aromatic nitrogens is 3. The van der Waals surface area contributed by atoms with Crippen molar-refractivity contribution in [1.29, 1.82) is 0 Å². The molecule has 0 bridgehead atoms. The molecule has 3 heterocycles. The highest BCUT2D eigenvalue weighted by atomic mass is 16.2. The third-order valence-electron chi connectivity index (χ3n) is 6.30. The van der Waals surface area contributed by atoms with Gasteiger partial charge in [0.2, 0.25) is 11.8 Å². The highest BCUT2D eigenvalue weighted by Crippen LogP contribution is 2.26. The third kappa shape index (κ3) is 5.13. The summed E-state index contributed by atoms with van der Waals surface area (Å²) in [5, 5.41) is 4.48. The lowest BCUT2D eigenvalue weighted by Gasteiger charge is -2.39. The van der Waals surface area contributed by atoms with Crippen molar-refractivity contribution < 1.29 is 9.59 Å². The number of carbonyl (C=O) groups is 2. The molecule has 0 spiro atoms. The molecule has 33 heavy (non-hydrogen) atoms. The molecule has 1 aromatic carbocycles. The van der Waals surface area contributed by atoms with Gasteiger partial charge in [0.25, 0.3) is 0 Å². The van der Waals surface area contributed by atoms with E-state index < -0.39 is 6.04 Å². The predicted molar refractivity (Wildman–Crippen MR) is 127 cm³/mol. The van der Waals surface area contributed by atoms with Crippen LogP contribution in [0.4, 0.5) is 0 Å². The van der Waals surface area contributed by atoms with Crippen LogP contribution in [0.2, 0.25) is 0 Å². The average Bonchev–Trinajstić information content (AvgIpc) is 3.14. The zero-order chi connectivity index (χ0) is 23.4. The van der Waals surface area contributed by atoms with Crippen molar-refractivity contribution >= 4 is 11.8 Å². The highest BCUT2D eigenvalue weighted by Gasteiger charge is 2.36. The van der Waals surface area contributed by atoms with E-state index in [0.717, 1.165) is 28.1 Å². The first kappa shape index (κ1) is 22.7. The molecule has 3 aromatic rings. The molecule has 0 unspecified atom stereocenters. The Labute approximate surface area is 195 Å². The lowest BCUT2D eigenvalue weighted by Crippen LogP contribution is -2.58. The second-order valence-electron chi connectivity index (χ2n) is 8.72. The standard InChI is InChI=1S/C26H31N5O2/c1-19-16-20(2)31(28-19)13-7-11-25(32)30-15-14-29(3)26(33)24(30)17-21-8-4-5-10-23(21)22-9-6-12-27-18-22/h4-6,8-10,12,16,18,24H,7,11,13-15,17H2,1-3H3/t24-/m1/s1. The van der Waals surface area contributed by atoms with Crippen molar-refractivity contribution in [2.24, 2.45) is 0 Å². The molecule has 4 rings (SSSR count). The van der Waals surface area contributed by atoms with Crippen LogP contribution in [-0.4, -0.2) is 62.6 Å². The van der Waals surface area contributed by atoms with Crippen molar-refractivity contribution in [2.75, 3.05) is 20.1 Å². The Morgan fingerprint density at radius 2 is 1.94 bits per heavy atom. The van der Waals surface area contributed by atoms with Crippen molar-refractivity contribution in [3.63, 3.8) is 0 Å². The van der Waals surface area contributed by atoms with Crippen molar-refractivity contribution in [2.45, 2.75) is 45.7 Å². The normalized spacial score (nSPS) is 16.3. The lowest BCUT2D eigenvalue weighted by atomic mass is 9.94. The molecule has 0 radical (unpaired) electrons. The number of amides is 2. The maximum Gasteiger partial charge on any atom is 0.245 e. The van der Waals surface area contributed by atoms with Crippen LogP contribution in [0.15, 0.2) is 54.9 Å². The number of rotatable bonds is 7. The molecule has 2 amide bonds. The zero-order valence-electron chi connectivity index (χ0n) is 19.6. The number of likely N-dealkylation sites (N-methyl/N-ethyl adjacent to an activating group) is 1. The summed E-state index contributed by atoms with van der Waals surface area (Å²) in [4.78, 5) is 34.1. The van der Waals surface area contributed by atoms with E-state index in [0.29, 0.717) is 38.9 Å². The summed E-state index contributed by atoms with van der Waals surface area (Å²) < 4.78 is 1.94. The lowest BCUT2D eigenvalue weighted by molar-refractivity contribution is -0.150. The average molecular weight is 446 g/mol. The quantitative estimate of drug-likeness (QED) is 0.560. The van der Waals surface area contributed by atoms with Gasteiger partial charge in [-0.1, -0.05) is 30.3 Å². The van der Waals surface area contributed by atoms with Gasteiger partial charge in [0.1, 0.15) is 6.04 Å². The minimum Gasteiger partial charge on any atom is -0.342 e. The topological polar surface area (TPSA) is 71.3 Å². The SMILES string of the molecule is Cc1cc(C)n(CCCC(=O)N2CCN(C)C(=O)[C@H]2Cc2ccccc2-c2cccnc2)n1. The second kappa shape index (κ2) is 9.98. The van der Waals surface area contributed by atoms with Crippen LogP contribution in [0.5, 0.6) is 0 Å². The summed E-state index contributed by atoms with van der Waals surface area (Å²) in [5.41, 5.74) is 5.17. The van der Waals surface area contributed by atoms with Crippen LogP contribution in [0, 0.1) is 13.8 Å². The number of pyridine rings is 1. The molecular weight excluding hydrogens is 414 g/mol. The highest BCUT2D eigenvalue weighted by molar-refractivity contribution is 5.89. The molecule has 0 saturated carbocycles. The Hall–Kier alpha value is -3.48. The number of benzene rings is 1. The van der Waals surface area contributed by atoms with E-state index in [-0.39, 0.29) is 11.8 Å². The van der Waals surface area contributed by atoms with Gasteiger partial charge in [-0.05, 0) is 43.5 Å². The first-order chi connectivity index (χ1) is 15.9. The van der Waals surface area contributed by atoms with E-state index in [2.05, 4.69) is 10.1 Å². The van der Waals surface area contributed by atoms with Gasteiger partial charge in [-0.25, -0.2) is 0 Å². The Morgan fingerprint density at radius 1 is 1.12 bits per heavy atom. The number of hydrogen-bond acceptors (Lipinski definition) is 4. The third-order valence-corrected chi connectivity index (χ3v) is 6.30. The summed E-state index contributed by atoms with van der Waals surface area (Å²) in [7, 11) is 1.81. The number of piperazine rings is 1. The van der Waals surface area contributed by atoms with Gasteiger partial charge in [0.05, 0.1) is 5.69 Å². The Morgan fingerprint density at radius 3 is 2.67 bits per heavy atom. The molecule has 7 heteroatoms. The Bertz CT molecular complexity index is 1120. The van der Waals surface area contributed by atoms with Crippen LogP contribution in [0.25, 0.3) is 11.1 Å². The van der Waals surface area contributed by atoms with Gasteiger partial charge in [-0.2, -0.15) is 5.10 Å². The number of aryl methyl sites for hydroxylation is 3. The van der Waals surface area contributed by atoms with Crippen LogP contribution in [0.1, 0.15) is 29.8 Å². The van der Waals surface area contributed by atoms with Gasteiger partial charge in [0, 0.05) is 63.2 Å². The molecule has 1 atom stereocenters. The molecule has 1 aliphatic rings. The molecule has 172 valence electrons. The minimum atomic E-state index is -0.497. The molecule has 7 nitrogen and oxygen atoms in total. The number of carbonyl (C=O) groups excluding carboxylic acids is 2. The monoisotopic (exact) mass is 445 g/mol. The van der Waals surface area contributed by atoms with E-state index in [1.165, 1.54) is 0 Å². The van der Waals surface area contributed by atoms with Gasteiger partial charge in [-0.15, -0.1) is 0 Å². The maximum atomic E-state index is 13.2. The molecule has 0 aliphatic carbocycles. The van der Waals surface area contributed by atoms with Crippen LogP contribution in [0.3, 0.4) is 0 Å². The fourth-order valence-electron chi connectivity index (χ4n) is 4.54. The summed E-state index contributed by atoms with van der Waals surface area (Å²) in [6.45, 7) is 5.81. The van der Waals surface area contributed by atoms with Gasteiger partial charge in [-0.3, -0.25) is 19.3 Å². The predicted octanol–water partition coefficient (Wildman–Crippen LogP) is 3.25. The van der Waals surface area contributed by atoms with E-state index in [1.54, 1.807) is 16.0 Å².